The SMILES string of the molecule is Cc1nc(CC(C)C)nc(C)c1CNCC(C)C. The Morgan fingerprint density at radius 1 is 0.944 bits per heavy atom. The Kier molecular flexibility index (Phi) is 5.73. The highest BCUT2D eigenvalue weighted by Gasteiger charge is 2.09. The number of aryl methyl sites for hydroxylation is 2. The van der Waals surface area contributed by atoms with Gasteiger partial charge in [-0.25, -0.2) is 9.97 Å². The molecule has 1 rings (SSSR count). The molecule has 0 fully saturated rings. The molecule has 0 aliphatic carbocycles. The monoisotopic (exact) mass is 249 g/mol. The third-order valence-electron chi connectivity index (χ3n) is 2.91. The molecule has 3 heteroatoms. The van der Waals surface area contributed by atoms with Crippen LogP contribution in [0.2, 0.25) is 0 Å². The average molecular weight is 249 g/mol. The molecule has 3 nitrogen and oxygen atoms in total. The topological polar surface area (TPSA) is 37.8 Å². The fourth-order valence-corrected chi connectivity index (χ4v) is 2.01. The molecule has 0 amide bonds. The summed E-state index contributed by atoms with van der Waals surface area (Å²) in [5, 5.41) is 3.46. The molecule has 0 saturated heterocycles. The normalized spacial score (nSPS) is 11.6. The van der Waals surface area contributed by atoms with Gasteiger partial charge in [0.25, 0.3) is 0 Å². The second-order valence-corrected chi connectivity index (χ2v) is 5.91. The Morgan fingerprint density at radius 3 is 1.94 bits per heavy atom. The number of nitrogens with zero attached hydrogens (tertiary/aromatic N) is 2. The highest BCUT2D eigenvalue weighted by molar-refractivity contribution is 5.24. The quantitative estimate of drug-likeness (QED) is 0.842. The van der Waals surface area contributed by atoms with Crippen LogP contribution >= 0.6 is 0 Å². The Labute approximate surface area is 111 Å². The zero-order valence-corrected chi connectivity index (χ0v) is 12.7. The molecule has 0 radical (unpaired) electrons. The van der Waals surface area contributed by atoms with Gasteiger partial charge in [-0.05, 0) is 32.2 Å². The van der Waals surface area contributed by atoms with E-state index in [1.54, 1.807) is 0 Å². The average Bonchev–Trinajstić information content (AvgIpc) is 2.20. The minimum atomic E-state index is 0.605. The van der Waals surface area contributed by atoms with E-state index in [4.69, 9.17) is 0 Å². The number of nitrogens with one attached hydrogen (secondary N) is 1. The van der Waals surface area contributed by atoms with Crippen molar-refractivity contribution in [1.29, 1.82) is 0 Å². The van der Waals surface area contributed by atoms with E-state index in [-0.39, 0.29) is 0 Å². The second-order valence-electron chi connectivity index (χ2n) is 5.91. The van der Waals surface area contributed by atoms with E-state index in [0.29, 0.717) is 11.8 Å². The summed E-state index contributed by atoms with van der Waals surface area (Å²) in [6, 6.07) is 0. The number of hydrogen-bond acceptors (Lipinski definition) is 3. The van der Waals surface area contributed by atoms with Crippen LogP contribution in [0.1, 0.15) is 50.5 Å². The minimum absolute atomic E-state index is 0.605. The number of rotatable bonds is 6. The molecule has 0 saturated carbocycles. The first-order valence-corrected chi connectivity index (χ1v) is 6.93. The van der Waals surface area contributed by atoms with Crippen molar-refractivity contribution in [2.45, 2.75) is 54.5 Å². The largest absolute Gasteiger partial charge is 0.312 e. The fraction of sp³-hybridized carbons (Fsp3) is 0.733. The maximum atomic E-state index is 4.62. The van der Waals surface area contributed by atoms with Crippen LogP contribution in [0.25, 0.3) is 0 Å². The van der Waals surface area contributed by atoms with Crippen molar-refractivity contribution < 1.29 is 0 Å². The third kappa shape index (κ3) is 4.73. The first-order valence-electron chi connectivity index (χ1n) is 6.93. The summed E-state index contributed by atoms with van der Waals surface area (Å²) >= 11 is 0. The van der Waals surface area contributed by atoms with Crippen LogP contribution in [0, 0.1) is 25.7 Å². The minimum Gasteiger partial charge on any atom is -0.312 e. The highest BCUT2D eigenvalue weighted by Crippen LogP contribution is 2.12. The fourth-order valence-electron chi connectivity index (χ4n) is 2.01. The smallest absolute Gasteiger partial charge is 0.129 e. The lowest BCUT2D eigenvalue weighted by Crippen LogP contribution is -2.21. The van der Waals surface area contributed by atoms with Gasteiger partial charge in [-0.1, -0.05) is 27.7 Å². The van der Waals surface area contributed by atoms with Gasteiger partial charge in [0, 0.05) is 29.9 Å². The Morgan fingerprint density at radius 2 is 1.50 bits per heavy atom. The van der Waals surface area contributed by atoms with Gasteiger partial charge in [-0.2, -0.15) is 0 Å². The molecule has 0 bridgehead atoms. The van der Waals surface area contributed by atoms with Gasteiger partial charge in [0.2, 0.25) is 0 Å². The van der Waals surface area contributed by atoms with Crippen LogP contribution in [0.15, 0.2) is 0 Å². The summed E-state index contributed by atoms with van der Waals surface area (Å²) in [5.74, 6) is 2.26. The van der Waals surface area contributed by atoms with Crippen molar-refractivity contribution in [2.24, 2.45) is 11.8 Å². The predicted octanol–water partition coefficient (Wildman–Crippen LogP) is 3.04. The van der Waals surface area contributed by atoms with Crippen LogP contribution in [0.4, 0.5) is 0 Å². The summed E-state index contributed by atoms with van der Waals surface area (Å²) in [6.07, 6.45) is 0.960. The maximum Gasteiger partial charge on any atom is 0.129 e. The van der Waals surface area contributed by atoms with E-state index >= 15 is 0 Å². The molecular weight excluding hydrogens is 222 g/mol. The second kappa shape index (κ2) is 6.83. The Bertz CT molecular complexity index is 360. The Hall–Kier alpha value is -0.960. The molecule has 0 aliphatic rings. The van der Waals surface area contributed by atoms with E-state index in [9.17, 15) is 0 Å². The van der Waals surface area contributed by atoms with Crippen LogP contribution in [0.3, 0.4) is 0 Å². The van der Waals surface area contributed by atoms with Crippen LogP contribution in [-0.4, -0.2) is 16.5 Å². The maximum absolute atomic E-state index is 4.62. The van der Waals surface area contributed by atoms with Gasteiger partial charge >= 0.3 is 0 Å². The van der Waals surface area contributed by atoms with Gasteiger partial charge in [0.15, 0.2) is 0 Å². The van der Waals surface area contributed by atoms with E-state index in [1.807, 2.05) is 0 Å². The summed E-state index contributed by atoms with van der Waals surface area (Å²) in [7, 11) is 0. The van der Waals surface area contributed by atoms with Crippen molar-refractivity contribution in [3.8, 4) is 0 Å². The predicted molar refractivity (Wildman–Crippen MR) is 76.6 cm³/mol. The van der Waals surface area contributed by atoms with Gasteiger partial charge in [-0.3, -0.25) is 0 Å². The van der Waals surface area contributed by atoms with Gasteiger partial charge in [0.05, 0.1) is 0 Å². The molecule has 0 aromatic carbocycles. The zero-order valence-electron chi connectivity index (χ0n) is 12.7. The van der Waals surface area contributed by atoms with Gasteiger partial charge < -0.3 is 5.32 Å². The molecule has 1 aromatic rings. The molecule has 0 aliphatic heterocycles. The van der Waals surface area contributed by atoms with Gasteiger partial charge in [-0.15, -0.1) is 0 Å². The number of hydrogen-bond donors (Lipinski definition) is 1. The van der Waals surface area contributed by atoms with Crippen LogP contribution in [0.5, 0.6) is 0 Å². The van der Waals surface area contributed by atoms with Crippen LogP contribution in [-0.2, 0) is 13.0 Å². The molecular formula is C15H27N3. The first kappa shape index (κ1) is 15.1. The molecule has 1 N–H and O–H groups in total. The molecule has 1 aromatic heterocycles. The van der Waals surface area contributed by atoms with E-state index in [1.165, 1.54) is 5.56 Å². The van der Waals surface area contributed by atoms with E-state index in [2.05, 4.69) is 56.8 Å². The van der Waals surface area contributed by atoms with Gasteiger partial charge in [0.1, 0.15) is 5.82 Å². The van der Waals surface area contributed by atoms with E-state index < -0.39 is 0 Å². The number of aromatic nitrogens is 2. The van der Waals surface area contributed by atoms with Crippen molar-refractivity contribution in [3.05, 3.63) is 22.8 Å². The summed E-state index contributed by atoms with van der Waals surface area (Å²) < 4.78 is 0. The molecule has 102 valence electrons. The lowest BCUT2D eigenvalue weighted by Gasteiger charge is -2.13. The zero-order chi connectivity index (χ0) is 13.7. The lowest BCUT2D eigenvalue weighted by molar-refractivity contribution is 0.547. The standard InChI is InChI=1S/C15H27N3/c1-10(2)7-15-17-12(5)14(13(6)18-15)9-16-8-11(3)4/h10-11,16H,7-9H2,1-6H3. The molecule has 0 atom stereocenters. The lowest BCUT2D eigenvalue weighted by atomic mass is 10.1. The summed E-state index contributed by atoms with van der Waals surface area (Å²) in [4.78, 5) is 9.24. The molecule has 0 spiro atoms. The summed E-state index contributed by atoms with van der Waals surface area (Å²) in [5.41, 5.74) is 3.49. The highest BCUT2D eigenvalue weighted by atomic mass is 14.9. The van der Waals surface area contributed by atoms with Crippen LogP contribution < -0.4 is 5.32 Å². The molecule has 0 unspecified atom stereocenters. The molecule has 18 heavy (non-hydrogen) atoms. The first-order chi connectivity index (χ1) is 8.40. The summed E-state index contributed by atoms with van der Waals surface area (Å²) in [6.45, 7) is 14.9. The van der Waals surface area contributed by atoms with Crippen molar-refractivity contribution in [3.63, 3.8) is 0 Å². The van der Waals surface area contributed by atoms with Crippen molar-refractivity contribution in [1.82, 2.24) is 15.3 Å². The Balaban J connectivity index is 2.74. The van der Waals surface area contributed by atoms with Crippen molar-refractivity contribution in [2.75, 3.05) is 6.54 Å². The third-order valence-corrected chi connectivity index (χ3v) is 2.91. The van der Waals surface area contributed by atoms with E-state index in [0.717, 1.165) is 36.7 Å². The van der Waals surface area contributed by atoms with Crippen molar-refractivity contribution >= 4 is 0 Å². The molecule has 1 heterocycles.